The minimum atomic E-state index is 0.397. The fraction of sp³-hybridized carbons (Fsp3) is 0.917. The SMILES string of the molecule is CC(C)CCC(=O)C1CC(C)(C)C1. The highest BCUT2D eigenvalue weighted by Crippen LogP contribution is 2.45. The zero-order valence-corrected chi connectivity index (χ0v) is 9.39. The minimum Gasteiger partial charge on any atom is -0.299 e. The van der Waals surface area contributed by atoms with Crippen molar-refractivity contribution in [3.8, 4) is 0 Å². The van der Waals surface area contributed by atoms with Crippen molar-refractivity contribution in [3.63, 3.8) is 0 Å². The lowest BCUT2D eigenvalue weighted by Crippen LogP contribution is -2.36. The van der Waals surface area contributed by atoms with Crippen LogP contribution in [-0.2, 0) is 4.79 Å². The predicted octanol–water partition coefficient (Wildman–Crippen LogP) is 3.43. The van der Waals surface area contributed by atoms with Crippen LogP contribution in [0, 0.1) is 17.3 Å². The highest BCUT2D eigenvalue weighted by Gasteiger charge is 2.39. The summed E-state index contributed by atoms with van der Waals surface area (Å²) < 4.78 is 0. The molecule has 1 nitrogen and oxygen atoms in total. The summed E-state index contributed by atoms with van der Waals surface area (Å²) in [6.07, 6.45) is 4.10. The van der Waals surface area contributed by atoms with Crippen LogP contribution in [0.1, 0.15) is 53.4 Å². The van der Waals surface area contributed by atoms with E-state index in [1.807, 2.05) is 0 Å². The standard InChI is InChI=1S/C12H22O/c1-9(2)5-6-11(13)10-7-12(3,4)8-10/h9-10H,5-8H2,1-4H3. The van der Waals surface area contributed by atoms with Crippen molar-refractivity contribution in [2.24, 2.45) is 17.3 Å². The molecule has 0 N–H and O–H groups in total. The van der Waals surface area contributed by atoms with Crippen molar-refractivity contribution in [3.05, 3.63) is 0 Å². The minimum absolute atomic E-state index is 0.397. The van der Waals surface area contributed by atoms with Gasteiger partial charge in [0.2, 0.25) is 0 Å². The molecule has 0 bridgehead atoms. The molecule has 1 fully saturated rings. The zero-order chi connectivity index (χ0) is 10.1. The van der Waals surface area contributed by atoms with Crippen LogP contribution in [0.25, 0.3) is 0 Å². The molecule has 0 aromatic carbocycles. The van der Waals surface area contributed by atoms with Crippen LogP contribution >= 0.6 is 0 Å². The number of ketones is 1. The average molecular weight is 182 g/mol. The van der Waals surface area contributed by atoms with Gasteiger partial charge in [-0.1, -0.05) is 27.7 Å². The number of hydrogen-bond acceptors (Lipinski definition) is 1. The Morgan fingerprint density at radius 3 is 2.31 bits per heavy atom. The van der Waals surface area contributed by atoms with E-state index in [2.05, 4.69) is 27.7 Å². The first-order valence-electron chi connectivity index (χ1n) is 5.43. The van der Waals surface area contributed by atoms with Gasteiger partial charge in [-0.3, -0.25) is 4.79 Å². The van der Waals surface area contributed by atoms with Gasteiger partial charge in [0, 0.05) is 12.3 Å². The highest BCUT2D eigenvalue weighted by molar-refractivity contribution is 5.82. The lowest BCUT2D eigenvalue weighted by atomic mass is 9.62. The van der Waals surface area contributed by atoms with Crippen LogP contribution in [0.15, 0.2) is 0 Å². The Labute approximate surface area is 81.9 Å². The zero-order valence-electron chi connectivity index (χ0n) is 9.39. The summed E-state index contributed by atoms with van der Waals surface area (Å²) >= 11 is 0. The molecule has 1 rings (SSSR count). The van der Waals surface area contributed by atoms with Crippen LogP contribution in [0.5, 0.6) is 0 Å². The molecule has 1 aliphatic rings. The van der Waals surface area contributed by atoms with E-state index in [4.69, 9.17) is 0 Å². The fourth-order valence-corrected chi connectivity index (χ4v) is 2.14. The normalized spacial score (nSPS) is 21.6. The van der Waals surface area contributed by atoms with Crippen LogP contribution in [-0.4, -0.2) is 5.78 Å². The topological polar surface area (TPSA) is 17.1 Å². The Balaban J connectivity index is 2.20. The van der Waals surface area contributed by atoms with Crippen LogP contribution < -0.4 is 0 Å². The summed E-state index contributed by atoms with van der Waals surface area (Å²) in [6, 6.07) is 0. The smallest absolute Gasteiger partial charge is 0.136 e. The molecule has 0 aliphatic heterocycles. The Bertz CT molecular complexity index is 183. The quantitative estimate of drug-likeness (QED) is 0.651. The first-order valence-corrected chi connectivity index (χ1v) is 5.43. The molecule has 0 spiro atoms. The van der Waals surface area contributed by atoms with Gasteiger partial charge in [-0.15, -0.1) is 0 Å². The lowest BCUT2D eigenvalue weighted by molar-refractivity contribution is -0.129. The molecular formula is C12H22O. The summed E-state index contributed by atoms with van der Waals surface area (Å²) in [4.78, 5) is 11.6. The van der Waals surface area contributed by atoms with Crippen molar-refractivity contribution in [1.82, 2.24) is 0 Å². The third-order valence-corrected chi connectivity index (χ3v) is 3.02. The van der Waals surface area contributed by atoms with Crippen molar-refractivity contribution in [1.29, 1.82) is 0 Å². The van der Waals surface area contributed by atoms with Gasteiger partial charge in [0.25, 0.3) is 0 Å². The van der Waals surface area contributed by atoms with E-state index in [1.54, 1.807) is 0 Å². The monoisotopic (exact) mass is 182 g/mol. The highest BCUT2D eigenvalue weighted by atomic mass is 16.1. The van der Waals surface area contributed by atoms with Gasteiger partial charge < -0.3 is 0 Å². The third kappa shape index (κ3) is 3.13. The fourth-order valence-electron chi connectivity index (χ4n) is 2.14. The first kappa shape index (κ1) is 10.7. The van der Waals surface area contributed by atoms with E-state index in [1.165, 1.54) is 0 Å². The predicted molar refractivity (Wildman–Crippen MR) is 55.6 cm³/mol. The van der Waals surface area contributed by atoms with Gasteiger partial charge in [0.05, 0.1) is 0 Å². The van der Waals surface area contributed by atoms with E-state index in [9.17, 15) is 4.79 Å². The van der Waals surface area contributed by atoms with Crippen molar-refractivity contribution < 1.29 is 4.79 Å². The molecule has 0 unspecified atom stereocenters. The van der Waals surface area contributed by atoms with E-state index in [-0.39, 0.29) is 0 Å². The Morgan fingerprint density at radius 1 is 1.38 bits per heavy atom. The maximum atomic E-state index is 11.6. The van der Waals surface area contributed by atoms with Gasteiger partial charge in [-0.05, 0) is 30.6 Å². The number of carbonyl (C=O) groups is 1. The Morgan fingerprint density at radius 2 is 1.92 bits per heavy atom. The molecule has 0 radical (unpaired) electrons. The second-order valence-corrected chi connectivity index (χ2v) is 5.67. The molecule has 0 saturated heterocycles. The Hall–Kier alpha value is -0.330. The van der Waals surface area contributed by atoms with Crippen molar-refractivity contribution >= 4 is 5.78 Å². The second-order valence-electron chi connectivity index (χ2n) is 5.67. The van der Waals surface area contributed by atoms with E-state index in [0.29, 0.717) is 23.0 Å². The van der Waals surface area contributed by atoms with Crippen LogP contribution in [0.3, 0.4) is 0 Å². The van der Waals surface area contributed by atoms with E-state index in [0.717, 1.165) is 25.7 Å². The third-order valence-electron chi connectivity index (χ3n) is 3.02. The number of hydrogen-bond donors (Lipinski definition) is 0. The first-order chi connectivity index (χ1) is 5.91. The summed E-state index contributed by atoms with van der Waals surface area (Å²) in [5.74, 6) is 1.57. The summed E-state index contributed by atoms with van der Waals surface area (Å²) in [6.45, 7) is 8.86. The molecule has 0 aromatic rings. The second kappa shape index (κ2) is 3.81. The van der Waals surface area contributed by atoms with Gasteiger partial charge in [-0.25, -0.2) is 0 Å². The number of Topliss-reactive ketones (excluding diaryl/α,β-unsaturated/α-hetero) is 1. The molecule has 0 atom stereocenters. The molecule has 1 saturated carbocycles. The Kier molecular flexibility index (Phi) is 3.15. The largest absolute Gasteiger partial charge is 0.299 e. The number of carbonyl (C=O) groups excluding carboxylic acids is 1. The van der Waals surface area contributed by atoms with Crippen LogP contribution in [0.2, 0.25) is 0 Å². The maximum absolute atomic E-state index is 11.6. The summed E-state index contributed by atoms with van der Waals surface area (Å²) in [7, 11) is 0. The molecule has 0 heterocycles. The van der Waals surface area contributed by atoms with Crippen molar-refractivity contribution in [2.45, 2.75) is 53.4 Å². The summed E-state index contributed by atoms with van der Waals surface area (Å²) in [5.41, 5.74) is 0.443. The van der Waals surface area contributed by atoms with E-state index >= 15 is 0 Å². The summed E-state index contributed by atoms with van der Waals surface area (Å²) in [5, 5.41) is 0. The molecule has 13 heavy (non-hydrogen) atoms. The lowest BCUT2D eigenvalue weighted by Gasteiger charge is -2.41. The molecule has 1 aliphatic carbocycles. The molecule has 0 amide bonds. The van der Waals surface area contributed by atoms with Gasteiger partial charge in [0.1, 0.15) is 5.78 Å². The number of rotatable bonds is 4. The molecule has 1 heteroatoms. The molecule has 76 valence electrons. The van der Waals surface area contributed by atoms with E-state index < -0.39 is 0 Å². The average Bonchev–Trinajstić information content (AvgIpc) is 1.95. The van der Waals surface area contributed by atoms with Gasteiger partial charge >= 0.3 is 0 Å². The van der Waals surface area contributed by atoms with Crippen LogP contribution in [0.4, 0.5) is 0 Å². The molecular weight excluding hydrogens is 160 g/mol. The maximum Gasteiger partial charge on any atom is 0.136 e. The van der Waals surface area contributed by atoms with Crippen molar-refractivity contribution in [2.75, 3.05) is 0 Å². The molecule has 0 aromatic heterocycles. The van der Waals surface area contributed by atoms with Gasteiger partial charge in [0.15, 0.2) is 0 Å². The van der Waals surface area contributed by atoms with Gasteiger partial charge in [-0.2, -0.15) is 0 Å².